The largest absolute Gasteiger partial charge is 0.481 e. The van der Waals surface area contributed by atoms with E-state index in [1.54, 1.807) is 0 Å². The van der Waals surface area contributed by atoms with Gasteiger partial charge in [-0.15, -0.1) is 0 Å². The molecule has 132 valence electrons. The molecule has 1 aliphatic heterocycles. The predicted octanol–water partition coefficient (Wildman–Crippen LogP) is 1.15. The highest BCUT2D eigenvalue weighted by Gasteiger charge is 2.30. The number of nitrogens with zero attached hydrogens (tertiary/aromatic N) is 1. The molecule has 0 spiro atoms. The molecule has 0 bridgehead atoms. The summed E-state index contributed by atoms with van der Waals surface area (Å²) in [4.78, 5) is 23.1. The van der Waals surface area contributed by atoms with E-state index in [-0.39, 0.29) is 22.9 Å². The van der Waals surface area contributed by atoms with Crippen LogP contribution in [0.5, 0.6) is 0 Å². The van der Waals surface area contributed by atoms with E-state index in [0.29, 0.717) is 6.42 Å². The van der Waals surface area contributed by atoms with Gasteiger partial charge in [0.1, 0.15) is 5.82 Å². The van der Waals surface area contributed by atoms with Gasteiger partial charge in [-0.25, -0.2) is 12.8 Å². The van der Waals surface area contributed by atoms with Gasteiger partial charge in [0.2, 0.25) is 15.9 Å². The second-order valence-corrected chi connectivity index (χ2v) is 7.89. The number of benzene rings is 1. The highest BCUT2D eigenvalue weighted by molar-refractivity contribution is 7.89. The summed E-state index contributed by atoms with van der Waals surface area (Å²) in [5, 5.41) is 11.3. The molecule has 0 saturated carbocycles. The zero-order valence-corrected chi connectivity index (χ0v) is 14.1. The van der Waals surface area contributed by atoms with Gasteiger partial charge in [0.05, 0.1) is 29.8 Å². The molecule has 2 N–H and O–H groups in total. The number of nitrogens with one attached hydrogen (secondary N) is 1. The Bertz CT molecular complexity index is 756. The summed E-state index contributed by atoms with van der Waals surface area (Å²) in [5.41, 5.74) is 0.233. The fraction of sp³-hybridized carbons (Fsp3) is 0.429. The standard InChI is InChI=1S/C14H16ClFN2O5S/c15-10-3-2-9(6-11(10)16)12(7-14(20)21)17-13(19)8-18-4-1-5-24(18,22)23/h2-3,6,12H,1,4-5,7-8H2,(H,17,19)(H,20,21). The van der Waals surface area contributed by atoms with Crippen LogP contribution < -0.4 is 5.32 Å². The van der Waals surface area contributed by atoms with Crippen LogP contribution in [0.15, 0.2) is 18.2 Å². The molecule has 1 aromatic rings. The van der Waals surface area contributed by atoms with Gasteiger partial charge in [0.25, 0.3) is 0 Å². The van der Waals surface area contributed by atoms with Crippen molar-refractivity contribution in [3.63, 3.8) is 0 Å². The Kier molecular flexibility index (Phi) is 5.79. The average molecular weight is 379 g/mol. The van der Waals surface area contributed by atoms with Crippen LogP contribution in [0.2, 0.25) is 5.02 Å². The van der Waals surface area contributed by atoms with E-state index in [2.05, 4.69) is 5.32 Å². The highest BCUT2D eigenvalue weighted by Crippen LogP contribution is 2.23. The number of sulfonamides is 1. The normalized spacial score (nSPS) is 18.2. The molecular weight excluding hydrogens is 363 g/mol. The van der Waals surface area contributed by atoms with E-state index in [4.69, 9.17) is 16.7 Å². The minimum atomic E-state index is -3.44. The SMILES string of the molecule is O=C(O)CC(NC(=O)CN1CCCS1(=O)=O)c1ccc(Cl)c(F)c1. The Hall–Kier alpha value is -1.71. The third-order valence-corrected chi connectivity index (χ3v) is 5.79. The predicted molar refractivity (Wildman–Crippen MR) is 84.5 cm³/mol. The number of carbonyl (C=O) groups excluding carboxylic acids is 1. The van der Waals surface area contributed by atoms with Crippen molar-refractivity contribution < 1.29 is 27.5 Å². The van der Waals surface area contributed by atoms with Crippen molar-refractivity contribution in [3.05, 3.63) is 34.6 Å². The van der Waals surface area contributed by atoms with Gasteiger partial charge >= 0.3 is 5.97 Å². The minimum absolute atomic E-state index is 0.0127. The topological polar surface area (TPSA) is 104 Å². The van der Waals surface area contributed by atoms with Crippen LogP contribution in [0.3, 0.4) is 0 Å². The molecule has 0 aliphatic carbocycles. The molecule has 7 nitrogen and oxygen atoms in total. The molecule has 10 heteroatoms. The summed E-state index contributed by atoms with van der Waals surface area (Å²) in [6.45, 7) is -0.149. The number of halogens is 2. The Labute approximate surface area is 143 Å². The summed E-state index contributed by atoms with van der Waals surface area (Å²) in [6, 6.07) is 2.72. The monoisotopic (exact) mass is 378 g/mol. The van der Waals surface area contributed by atoms with Gasteiger partial charge in [0, 0.05) is 6.54 Å². The lowest BCUT2D eigenvalue weighted by Crippen LogP contribution is -2.40. The van der Waals surface area contributed by atoms with E-state index in [9.17, 15) is 22.4 Å². The molecule has 1 saturated heterocycles. The Morgan fingerprint density at radius 3 is 2.67 bits per heavy atom. The first kappa shape index (κ1) is 18.6. The maximum atomic E-state index is 13.6. The molecule has 2 rings (SSSR count). The number of aliphatic carboxylic acids is 1. The third-order valence-electron chi connectivity index (χ3n) is 3.58. The number of carboxylic acid groups (broad SMARTS) is 1. The quantitative estimate of drug-likeness (QED) is 0.772. The molecule has 1 aliphatic rings. The molecule has 0 radical (unpaired) electrons. The zero-order chi connectivity index (χ0) is 17.9. The third kappa shape index (κ3) is 4.65. The van der Waals surface area contributed by atoms with Gasteiger partial charge < -0.3 is 10.4 Å². The van der Waals surface area contributed by atoms with Gasteiger partial charge in [-0.05, 0) is 24.1 Å². The maximum absolute atomic E-state index is 13.6. The summed E-state index contributed by atoms with van der Waals surface area (Å²) in [7, 11) is -3.44. The lowest BCUT2D eigenvalue weighted by molar-refractivity contribution is -0.137. The highest BCUT2D eigenvalue weighted by atomic mass is 35.5. The second-order valence-electron chi connectivity index (χ2n) is 5.39. The van der Waals surface area contributed by atoms with Crippen LogP contribution in [-0.4, -0.2) is 48.5 Å². The number of hydrogen-bond acceptors (Lipinski definition) is 4. The Morgan fingerprint density at radius 2 is 2.12 bits per heavy atom. The van der Waals surface area contributed by atoms with Crippen LogP contribution in [0.25, 0.3) is 0 Å². The first-order valence-electron chi connectivity index (χ1n) is 7.13. The number of amides is 1. The van der Waals surface area contributed by atoms with E-state index in [0.717, 1.165) is 10.4 Å². The van der Waals surface area contributed by atoms with Crippen molar-refractivity contribution in [1.29, 1.82) is 0 Å². The first-order chi connectivity index (χ1) is 11.2. The van der Waals surface area contributed by atoms with Crippen LogP contribution in [0, 0.1) is 5.82 Å². The van der Waals surface area contributed by atoms with E-state index < -0.39 is 46.7 Å². The Morgan fingerprint density at radius 1 is 1.42 bits per heavy atom. The van der Waals surface area contributed by atoms with Gasteiger partial charge in [-0.1, -0.05) is 17.7 Å². The van der Waals surface area contributed by atoms with Crippen LogP contribution in [-0.2, 0) is 19.6 Å². The molecular formula is C14H16ClFN2O5S. The number of carboxylic acids is 1. The molecule has 1 unspecified atom stereocenters. The van der Waals surface area contributed by atoms with E-state index >= 15 is 0 Å². The fourth-order valence-corrected chi connectivity index (χ4v) is 4.02. The molecule has 1 fully saturated rings. The van der Waals surface area contributed by atoms with Gasteiger partial charge in [-0.2, -0.15) is 4.31 Å². The summed E-state index contributed by atoms with van der Waals surface area (Å²) in [5.74, 6) is -2.59. The van der Waals surface area contributed by atoms with Crippen molar-refractivity contribution in [2.24, 2.45) is 0 Å². The van der Waals surface area contributed by atoms with Crippen LogP contribution in [0.1, 0.15) is 24.4 Å². The Balaban J connectivity index is 2.12. The van der Waals surface area contributed by atoms with Crippen molar-refractivity contribution >= 4 is 33.5 Å². The number of carbonyl (C=O) groups is 2. The molecule has 1 amide bonds. The summed E-state index contributed by atoms with van der Waals surface area (Å²) < 4.78 is 38.0. The molecule has 1 atom stereocenters. The number of hydrogen-bond donors (Lipinski definition) is 2. The molecule has 0 aromatic heterocycles. The van der Waals surface area contributed by atoms with Crippen LogP contribution in [0.4, 0.5) is 4.39 Å². The van der Waals surface area contributed by atoms with Crippen LogP contribution >= 0.6 is 11.6 Å². The number of rotatable bonds is 6. The lowest BCUT2D eigenvalue weighted by atomic mass is 10.0. The van der Waals surface area contributed by atoms with Crippen molar-refractivity contribution in [3.8, 4) is 0 Å². The van der Waals surface area contributed by atoms with Crippen molar-refractivity contribution in [2.75, 3.05) is 18.8 Å². The fourth-order valence-electron chi connectivity index (χ4n) is 2.43. The second kappa shape index (κ2) is 7.45. The molecule has 1 heterocycles. The summed E-state index contributed by atoms with van der Waals surface area (Å²) in [6.07, 6.45) is -0.0316. The zero-order valence-electron chi connectivity index (χ0n) is 12.5. The molecule has 1 aromatic carbocycles. The lowest BCUT2D eigenvalue weighted by Gasteiger charge is -2.20. The van der Waals surface area contributed by atoms with Gasteiger partial charge in [-0.3, -0.25) is 9.59 Å². The minimum Gasteiger partial charge on any atom is -0.481 e. The van der Waals surface area contributed by atoms with E-state index in [1.807, 2.05) is 0 Å². The van der Waals surface area contributed by atoms with Gasteiger partial charge in [0.15, 0.2) is 0 Å². The van der Waals surface area contributed by atoms with Crippen molar-refractivity contribution in [1.82, 2.24) is 9.62 Å². The van der Waals surface area contributed by atoms with E-state index in [1.165, 1.54) is 12.1 Å². The first-order valence-corrected chi connectivity index (χ1v) is 9.11. The van der Waals surface area contributed by atoms with Crippen molar-refractivity contribution in [2.45, 2.75) is 18.9 Å². The average Bonchev–Trinajstić information content (AvgIpc) is 2.79. The smallest absolute Gasteiger partial charge is 0.305 e. The molecule has 24 heavy (non-hydrogen) atoms. The maximum Gasteiger partial charge on any atom is 0.305 e. The summed E-state index contributed by atoms with van der Waals surface area (Å²) >= 11 is 5.59.